The molecule has 0 saturated carbocycles. The van der Waals surface area contributed by atoms with Crippen LogP contribution in [0.1, 0.15) is 0 Å². The molecule has 1 aromatic rings. The summed E-state index contributed by atoms with van der Waals surface area (Å²) >= 11 is 1.75. The smallest absolute Gasteiger partial charge is 0.0502 e. The predicted octanol–water partition coefficient (Wildman–Crippen LogP) is 1.23. The van der Waals surface area contributed by atoms with E-state index in [-0.39, 0.29) is 24.8 Å². The summed E-state index contributed by atoms with van der Waals surface area (Å²) in [6, 6.07) is 2.12. The van der Waals surface area contributed by atoms with Crippen LogP contribution in [0, 0.1) is 0 Å². The fourth-order valence-corrected chi connectivity index (χ4v) is 1.69. The summed E-state index contributed by atoms with van der Waals surface area (Å²) < 4.78 is 1.30. The number of allylic oxidation sites excluding steroid dienone is 1. The Morgan fingerprint density at radius 3 is 2.92 bits per heavy atom. The highest BCUT2D eigenvalue weighted by Gasteiger charge is 1.86. The van der Waals surface area contributed by atoms with E-state index in [1.807, 2.05) is 18.5 Å². The summed E-state index contributed by atoms with van der Waals surface area (Å²) in [5.74, 6) is 0. The van der Waals surface area contributed by atoms with Crippen molar-refractivity contribution < 1.29 is 0 Å². The molecule has 0 radical (unpaired) electrons. The first-order valence-electron chi connectivity index (χ1n) is 3.13. The summed E-state index contributed by atoms with van der Waals surface area (Å²) in [5, 5.41) is 6.46. The summed E-state index contributed by atoms with van der Waals surface area (Å²) in [7, 11) is 0. The van der Waals surface area contributed by atoms with Gasteiger partial charge in [-0.3, -0.25) is 0 Å². The van der Waals surface area contributed by atoms with Crippen LogP contribution >= 0.6 is 36.2 Å². The molecule has 1 nitrogen and oxygen atoms in total. The van der Waals surface area contributed by atoms with Crippen LogP contribution in [0.4, 0.5) is 0 Å². The largest absolute Gasteiger partial charge is 0.366 e. The number of hydrogen-bond acceptors (Lipinski definition) is 2. The molecule has 0 saturated heterocycles. The Morgan fingerprint density at radius 2 is 2.08 bits per heavy atom. The Hall–Kier alpha value is -0.440. The Balaban J connectivity index is 0.000000605. The molecule has 0 unspecified atom stereocenters. The third kappa shape index (κ3) is 2.27. The molecule has 66 valence electrons. The molecule has 0 amide bonds. The first-order chi connectivity index (χ1) is 4.97. The van der Waals surface area contributed by atoms with Crippen LogP contribution in [0.15, 0.2) is 23.7 Å². The molecular formula is C8H9Cl2NS. The Morgan fingerprint density at radius 1 is 1.25 bits per heavy atom. The quantitative estimate of drug-likeness (QED) is 0.696. The third-order valence-corrected chi connectivity index (χ3v) is 2.29. The normalized spacial score (nSPS) is 11.7. The first kappa shape index (κ1) is 11.6. The van der Waals surface area contributed by atoms with E-state index in [1.165, 1.54) is 9.75 Å². The van der Waals surface area contributed by atoms with Crippen LogP contribution in [0.2, 0.25) is 0 Å². The summed E-state index contributed by atoms with van der Waals surface area (Å²) in [4.78, 5) is 0. The van der Waals surface area contributed by atoms with E-state index in [1.54, 1.807) is 11.3 Å². The molecule has 1 N–H and O–H groups in total. The molecule has 4 heteroatoms. The lowest BCUT2D eigenvalue weighted by molar-refractivity contribution is 1.29. The van der Waals surface area contributed by atoms with Crippen molar-refractivity contribution in [1.82, 2.24) is 5.32 Å². The van der Waals surface area contributed by atoms with Gasteiger partial charge in [0.2, 0.25) is 0 Å². The molecule has 1 aromatic heterocycles. The highest BCUT2D eigenvalue weighted by molar-refractivity contribution is 7.07. The van der Waals surface area contributed by atoms with Crippen LogP contribution < -0.4 is 15.1 Å². The Labute approximate surface area is 87.3 Å². The molecule has 0 aromatic carbocycles. The number of hydrogen-bond donors (Lipinski definition) is 1. The topological polar surface area (TPSA) is 12.0 Å². The fraction of sp³-hybridized carbons (Fsp3) is 0. The minimum atomic E-state index is 0. The average Bonchev–Trinajstić information content (AvgIpc) is 2.28. The number of nitrogens with one attached hydrogen (secondary N) is 1. The van der Waals surface area contributed by atoms with Crippen molar-refractivity contribution in [3.05, 3.63) is 33.5 Å². The van der Waals surface area contributed by atoms with Crippen LogP contribution in [-0.2, 0) is 0 Å². The van der Waals surface area contributed by atoms with Gasteiger partial charge in [-0.1, -0.05) is 6.08 Å². The van der Waals surface area contributed by atoms with Crippen LogP contribution in [0.25, 0.3) is 12.3 Å². The average molecular weight is 222 g/mol. The molecular weight excluding hydrogens is 213 g/mol. The second-order valence-corrected chi connectivity index (χ2v) is 3.02. The highest BCUT2D eigenvalue weighted by Crippen LogP contribution is 1.83. The fourth-order valence-electron chi connectivity index (χ4n) is 0.917. The maximum atomic E-state index is 3.06. The van der Waals surface area contributed by atoms with Crippen molar-refractivity contribution >= 4 is 48.4 Å². The SMILES string of the molecule is C1=CNC=c2sccc2=C1.Cl.Cl. The third-order valence-electron chi connectivity index (χ3n) is 1.41. The minimum Gasteiger partial charge on any atom is -0.366 e. The lowest BCUT2D eigenvalue weighted by atomic mass is 10.4. The minimum absolute atomic E-state index is 0. The van der Waals surface area contributed by atoms with Gasteiger partial charge in [0.05, 0.1) is 4.53 Å². The highest BCUT2D eigenvalue weighted by atomic mass is 35.5. The van der Waals surface area contributed by atoms with Gasteiger partial charge in [-0.25, -0.2) is 0 Å². The summed E-state index contributed by atoms with van der Waals surface area (Å²) in [6.45, 7) is 0. The van der Waals surface area contributed by atoms with Gasteiger partial charge in [-0.15, -0.1) is 36.2 Å². The van der Waals surface area contributed by atoms with E-state index < -0.39 is 0 Å². The molecule has 1 aliphatic rings. The van der Waals surface area contributed by atoms with Crippen molar-refractivity contribution in [2.45, 2.75) is 0 Å². The lowest BCUT2D eigenvalue weighted by Crippen LogP contribution is -2.18. The van der Waals surface area contributed by atoms with E-state index in [0.717, 1.165) is 0 Å². The van der Waals surface area contributed by atoms with Gasteiger partial charge < -0.3 is 5.32 Å². The molecule has 0 fully saturated rings. The van der Waals surface area contributed by atoms with Gasteiger partial charge in [-0.2, -0.15) is 0 Å². The molecule has 0 spiro atoms. The van der Waals surface area contributed by atoms with E-state index in [0.29, 0.717) is 0 Å². The van der Waals surface area contributed by atoms with Gasteiger partial charge in [0.15, 0.2) is 0 Å². The van der Waals surface area contributed by atoms with Gasteiger partial charge in [0, 0.05) is 12.4 Å². The molecule has 0 atom stereocenters. The standard InChI is InChI=1S/C8H7NS.2ClH/c1-2-7-3-5-10-8(7)6-9-4-1;;/h1-6,9H;2*1H. The summed E-state index contributed by atoms with van der Waals surface area (Å²) in [6.07, 6.45) is 8.05. The molecule has 2 heterocycles. The number of halogens is 2. The zero-order chi connectivity index (χ0) is 6.81. The zero-order valence-electron chi connectivity index (χ0n) is 6.19. The maximum absolute atomic E-state index is 3.06. The molecule has 0 aliphatic carbocycles. The van der Waals surface area contributed by atoms with Gasteiger partial charge in [0.25, 0.3) is 0 Å². The maximum Gasteiger partial charge on any atom is 0.0502 e. The molecule has 2 rings (SSSR count). The Bertz CT molecular complexity index is 367. The van der Waals surface area contributed by atoms with Crippen molar-refractivity contribution in [3.63, 3.8) is 0 Å². The lowest BCUT2D eigenvalue weighted by Gasteiger charge is -1.80. The van der Waals surface area contributed by atoms with Crippen molar-refractivity contribution in [2.75, 3.05) is 0 Å². The van der Waals surface area contributed by atoms with Crippen LogP contribution in [0.3, 0.4) is 0 Å². The second-order valence-electron chi connectivity index (χ2n) is 2.08. The van der Waals surface area contributed by atoms with E-state index >= 15 is 0 Å². The van der Waals surface area contributed by atoms with Crippen molar-refractivity contribution in [2.24, 2.45) is 0 Å². The zero-order valence-corrected chi connectivity index (χ0v) is 8.64. The molecule has 0 bridgehead atoms. The van der Waals surface area contributed by atoms with Crippen molar-refractivity contribution in [1.29, 1.82) is 0 Å². The second kappa shape index (κ2) is 5.25. The first-order valence-corrected chi connectivity index (χ1v) is 4.01. The van der Waals surface area contributed by atoms with Gasteiger partial charge in [0.1, 0.15) is 0 Å². The van der Waals surface area contributed by atoms with E-state index in [9.17, 15) is 0 Å². The number of rotatable bonds is 0. The summed E-state index contributed by atoms with van der Waals surface area (Å²) in [5.41, 5.74) is 0. The molecule has 1 aliphatic heterocycles. The van der Waals surface area contributed by atoms with Crippen LogP contribution in [0.5, 0.6) is 0 Å². The Kier molecular flexibility index (Phi) is 5.06. The molecule has 12 heavy (non-hydrogen) atoms. The van der Waals surface area contributed by atoms with Crippen molar-refractivity contribution in [3.8, 4) is 0 Å². The van der Waals surface area contributed by atoms with E-state index in [2.05, 4.69) is 22.8 Å². The predicted molar refractivity (Wildman–Crippen MR) is 59.3 cm³/mol. The number of thiophene rings is 1. The van der Waals surface area contributed by atoms with Gasteiger partial charge in [-0.05, 0) is 22.7 Å². The number of fused-ring (bicyclic) bond motifs is 1. The van der Waals surface area contributed by atoms with Crippen LogP contribution in [-0.4, -0.2) is 0 Å². The monoisotopic (exact) mass is 221 g/mol. The van der Waals surface area contributed by atoms with Gasteiger partial charge >= 0.3 is 0 Å². The van der Waals surface area contributed by atoms with E-state index in [4.69, 9.17) is 0 Å².